The Bertz CT molecular complexity index is 3280. The second-order valence-electron chi connectivity index (χ2n) is 17.3. The summed E-state index contributed by atoms with van der Waals surface area (Å²) in [5.74, 6) is 0.199. The number of nitrogens with zero attached hydrogens (tertiary/aromatic N) is 3. The standard InChI is InChI=1S/C61H47N3/c1-4-18-54-60-42(3)49-25-13-15-28-57(49)64(60)59-29-16-14-27-53(59)61(54)55-39-41(2)31-37-51(55)52-38-36-48(40-56(52)61)63(58-30-17-20-43-19-11-12-26-50(43)58)47-34-32-46(33-35-47)62(44-21-7-5-8-22-44)45-23-9-6-10-24-45/h4-40,42H,1-3H3/b18-4-. The number of para-hydroxylation sites is 4. The van der Waals surface area contributed by atoms with Gasteiger partial charge in [0.05, 0.1) is 16.8 Å². The van der Waals surface area contributed by atoms with E-state index >= 15 is 0 Å². The van der Waals surface area contributed by atoms with E-state index in [1.807, 2.05) is 0 Å². The van der Waals surface area contributed by atoms with E-state index in [2.05, 4.69) is 260 Å². The van der Waals surface area contributed by atoms with E-state index in [0.717, 1.165) is 34.1 Å². The van der Waals surface area contributed by atoms with E-state index in [1.54, 1.807) is 0 Å². The summed E-state index contributed by atoms with van der Waals surface area (Å²) in [4.78, 5) is 7.36. The van der Waals surface area contributed by atoms with Gasteiger partial charge in [0.15, 0.2) is 0 Å². The molecule has 0 saturated carbocycles. The topological polar surface area (TPSA) is 9.72 Å². The summed E-state index contributed by atoms with van der Waals surface area (Å²) >= 11 is 0. The van der Waals surface area contributed by atoms with E-state index in [1.165, 1.54) is 72.4 Å². The molecule has 0 radical (unpaired) electrons. The second-order valence-corrected chi connectivity index (χ2v) is 17.3. The van der Waals surface area contributed by atoms with Crippen LogP contribution in [0.2, 0.25) is 0 Å². The molecule has 0 amide bonds. The minimum Gasteiger partial charge on any atom is -0.313 e. The van der Waals surface area contributed by atoms with Crippen LogP contribution in [0.4, 0.5) is 45.5 Å². The molecule has 1 spiro atoms. The molecule has 0 fully saturated rings. The lowest BCUT2D eigenvalue weighted by atomic mass is 9.63. The van der Waals surface area contributed by atoms with Crippen molar-refractivity contribution in [2.75, 3.05) is 14.7 Å². The summed E-state index contributed by atoms with van der Waals surface area (Å²) in [6.07, 6.45) is 4.67. The lowest BCUT2D eigenvalue weighted by Crippen LogP contribution is -2.38. The zero-order chi connectivity index (χ0) is 42.9. The van der Waals surface area contributed by atoms with Gasteiger partial charge in [-0.3, -0.25) is 0 Å². The highest BCUT2D eigenvalue weighted by Gasteiger charge is 2.54. The molecule has 0 N–H and O–H groups in total. The van der Waals surface area contributed by atoms with Crippen LogP contribution in [0, 0.1) is 6.92 Å². The third-order valence-corrected chi connectivity index (χ3v) is 13.8. The molecule has 12 rings (SSSR count). The lowest BCUT2D eigenvalue weighted by molar-refractivity contribution is 0.713. The first-order valence-corrected chi connectivity index (χ1v) is 22.5. The van der Waals surface area contributed by atoms with Crippen LogP contribution in [-0.4, -0.2) is 0 Å². The Hall–Kier alpha value is -7.88. The smallest absolute Gasteiger partial charge is 0.0751 e. The molecule has 9 aromatic rings. The van der Waals surface area contributed by atoms with Crippen molar-refractivity contribution in [2.45, 2.75) is 32.1 Å². The SMILES string of the molecule is C/C=C\C1=C2C(C)c3ccccc3N2c2ccccc2C12c1cc(C)ccc1-c1ccc(N(c3ccc(N(c4ccccc4)c4ccccc4)cc3)c3cccc4ccccc34)cc12. The first-order chi connectivity index (χ1) is 31.6. The highest BCUT2D eigenvalue weighted by molar-refractivity contribution is 6.01. The number of allylic oxidation sites excluding steroid dienone is 4. The first-order valence-electron chi connectivity index (χ1n) is 22.5. The van der Waals surface area contributed by atoms with Crippen molar-refractivity contribution in [3.8, 4) is 11.1 Å². The minimum atomic E-state index is -0.571. The van der Waals surface area contributed by atoms with Crippen molar-refractivity contribution < 1.29 is 0 Å². The zero-order valence-corrected chi connectivity index (χ0v) is 36.3. The number of hydrogen-bond acceptors (Lipinski definition) is 3. The lowest BCUT2D eigenvalue weighted by Gasteiger charge is -2.45. The van der Waals surface area contributed by atoms with Crippen LogP contribution in [0.3, 0.4) is 0 Å². The maximum Gasteiger partial charge on any atom is 0.0751 e. The molecule has 2 aliphatic heterocycles. The fourth-order valence-corrected chi connectivity index (χ4v) is 11.2. The van der Waals surface area contributed by atoms with Gasteiger partial charge in [-0.15, -0.1) is 0 Å². The predicted octanol–water partition coefficient (Wildman–Crippen LogP) is 16.5. The van der Waals surface area contributed by atoms with Gasteiger partial charge in [0, 0.05) is 51.1 Å². The summed E-state index contributed by atoms with van der Waals surface area (Å²) in [5.41, 5.74) is 20.5. The summed E-state index contributed by atoms with van der Waals surface area (Å²) in [7, 11) is 0. The molecule has 0 saturated heterocycles. The quantitative estimate of drug-likeness (QED) is 0.159. The third kappa shape index (κ3) is 5.53. The number of aryl methyl sites for hydroxylation is 1. The number of anilines is 8. The molecule has 1 aliphatic carbocycles. The van der Waals surface area contributed by atoms with Gasteiger partial charge >= 0.3 is 0 Å². The molecule has 2 heterocycles. The van der Waals surface area contributed by atoms with Crippen LogP contribution in [0.1, 0.15) is 47.6 Å². The fraction of sp³-hybridized carbons (Fsp3) is 0.0820. The average Bonchev–Trinajstić information content (AvgIpc) is 3.80. The van der Waals surface area contributed by atoms with Crippen molar-refractivity contribution in [2.24, 2.45) is 0 Å². The molecule has 3 heteroatoms. The van der Waals surface area contributed by atoms with Crippen molar-refractivity contribution >= 4 is 56.3 Å². The van der Waals surface area contributed by atoms with Crippen LogP contribution in [0.15, 0.2) is 236 Å². The third-order valence-electron chi connectivity index (χ3n) is 13.8. The monoisotopic (exact) mass is 821 g/mol. The van der Waals surface area contributed by atoms with E-state index in [4.69, 9.17) is 0 Å². The minimum absolute atomic E-state index is 0.199. The highest BCUT2D eigenvalue weighted by Crippen LogP contribution is 2.66. The Morgan fingerprint density at radius 1 is 0.484 bits per heavy atom. The molecule has 0 bridgehead atoms. The Morgan fingerprint density at radius 3 is 1.78 bits per heavy atom. The van der Waals surface area contributed by atoms with Crippen molar-refractivity contribution in [1.82, 2.24) is 0 Å². The zero-order valence-electron chi connectivity index (χ0n) is 36.3. The number of fused-ring (bicyclic) bond motifs is 12. The predicted molar refractivity (Wildman–Crippen MR) is 269 cm³/mol. The van der Waals surface area contributed by atoms with Crippen LogP contribution < -0.4 is 14.7 Å². The molecule has 3 aliphatic rings. The number of hydrogen-bond donors (Lipinski definition) is 0. The molecule has 64 heavy (non-hydrogen) atoms. The van der Waals surface area contributed by atoms with Gasteiger partial charge in [0.1, 0.15) is 0 Å². The van der Waals surface area contributed by atoms with Gasteiger partial charge in [-0.25, -0.2) is 0 Å². The van der Waals surface area contributed by atoms with Crippen LogP contribution in [0.5, 0.6) is 0 Å². The summed E-state index contributed by atoms with van der Waals surface area (Å²) in [6.45, 7) is 6.80. The number of benzene rings is 9. The van der Waals surface area contributed by atoms with E-state index in [-0.39, 0.29) is 5.92 Å². The van der Waals surface area contributed by atoms with Crippen LogP contribution in [0.25, 0.3) is 21.9 Å². The van der Waals surface area contributed by atoms with Gasteiger partial charge in [-0.2, -0.15) is 0 Å². The summed E-state index contributed by atoms with van der Waals surface area (Å²) in [5, 5.41) is 2.41. The van der Waals surface area contributed by atoms with Gasteiger partial charge in [-0.1, -0.05) is 158 Å². The Labute approximate surface area is 376 Å². The van der Waals surface area contributed by atoms with E-state index < -0.39 is 5.41 Å². The van der Waals surface area contributed by atoms with Crippen LogP contribution >= 0.6 is 0 Å². The largest absolute Gasteiger partial charge is 0.313 e. The molecular formula is C61H47N3. The highest BCUT2D eigenvalue weighted by atomic mass is 15.2. The van der Waals surface area contributed by atoms with E-state index in [0.29, 0.717) is 0 Å². The Balaban J connectivity index is 1.11. The maximum atomic E-state index is 2.56. The summed E-state index contributed by atoms with van der Waals surface area (Å²) < 4.78 is 0. The Kier molecular flexibility index (Phi) is 8.81. The normalized spacial score (nSPS) is 16.7. The maximum absolute atomic E-state index is 2.56. The van der Waals surface area contributed by atoms with Crippen molar-refractivity contribution in [3.63, 3.8) is 0 Å². The van der Waals surface area contributed by atoms with Gasteiger partial charge in [0.2, 0.25) is 0 Å². The second kappa shape index (κ2) is 14.9. The molecule has 2 unspecified atom stereocenters. The average molecular weight is 822 g/mol. The number of rotatable bonds is 7. The molecule has 2 atom stereocenters. The fourth-order valence-electron chi connectivity index (χ4n) is 11.2. The molecule has 3 nitrogen and oxygen atoms in total. The summed E-state index contributed by atoms with van der Waals surface area (Å²) in [6, 6.07) is 78.4. The van der Waals surface area contributed by atoms with E-state index in [9.17, 15) is 0 Å². The molecule has 0 aromatic heterocycles. The first kappa shape index (κ1) is 37.8. The molecular weight excluding hydrogens is 775 g/mol. The molecule has 306 valence electrons. The Morgan fingerprint density at radius 2 is 1.05 bits per heavy atom. The van der Waals surface area contributed by atoms with Gasteiger partial charge < -0.3 is 14.7 Å². The molecule has 9 aromatic carbocycles. The van der Waals surface area contributed by atoms with Gasteiger partial charge in [-0.05, 0) is 137 Å². The van der Waals surface area contributed by atoms with Crippen molar-refractivity contribution in [3.05, 3.63) is 264 Å². The van der Waals surface area contributed by atoms with Gasteiger partial charge in [0.25, 0.3) is 0 Å². The van der Waals surface area contributed by atoms with Crippen molar-refractivity contribution in [1.29, 1.82) is 0 Å². The van der Waals surface area contributed by atoms with Crippen LogP contribution in [-0.2, 0) is 5.41 Å².